The molecule has 0 aromatic carbocycles. The number of fused-ring (bicyclic) bond motifs is 7. The van der Waals surface area contributed by atoms with Crippen molar-refractivity contribution in [2.45, 2.75) is 125 Å². The summed E-state index contributed by atoms with van der Waals surface area (Å²) in [6.45, 7) is 18.1. The lowest BCUT2D eigenvalue weighted by Gasteiger charge is -2.73. The highest BCUT2D eigenvalue weighted by Crippen LogP contribution is 2.76. The van der Waals surface area contributed by atoms with Gasteiger partial charge in [0.1, 0.15) is 0 Å². The minimum absolute atomic E-state index is 0.0427. The summed E-state index contributed by atoms with van der Waals surface area (Å²) in [6.07, 6.45) is 13.8. The van der Waals surface area contributed by atoms with E-state index in [2.05, 4.69) is 48.5 Å². The number of hydrogen-bond donors (Lipinski definition) is 2. The molecule has 0 unspecified atom stereocenters. The molecule has 0 bridgehead atoms. The molecule has 5 saturated carbocycles. The quantitative estimate of drug-likeness (QED) is 0.448. The van der Waals surface area contributed by atoms with Gasteiger partial charge in [-0.1, -0.05) is 48.5 Å². The van der Waals surface area contributed by atoms with E-state index in [1.165, 1.54) is 64.2 Å². The third-order valence-corrected chi connectivity index (χ3v) is 13.5. The van der Waals surface area contributed by atoms with Gasteiger partial charge < -0.3 is 10.2 Å². The van der Waals surface area contributed by atoms with E-state index in [1.807, 2.05) is 0 Å². The van der Waals surface area contributed by atoms with Gasteiger partial charge in [0.05, 0.1) is 6.10 Å². The van der Waals surface area contributed by atoms with Crippen molar-refractivity contribution in [1.82, 2.24) is 0 Å². The number of aliphatic hydroxyl groups is 2. The Labute approximate surface area is 198 Å². The molecular weight excluding hydrogens is 392 g/mol. The van der Waals surface area contributed by atoms with Gasteiger partial charge in [0.15, 0.2) is 0 Å². The zero-order valence-corrected chi connectivity index (χ0v) is 22.3. The van der Waals surface area contributed by atoms with Gasteiger partial charge in [0.25, 0.3) is 0 Å². The Morgan fingerprint density at radius 1 is 0.594 bits per heavy atom. The highest BCUT2D eigenvalue weighted by Gasteiger charge is 2.69. The SMILES string of the molecule is CC1(C)CC[C@]2(CO)CC[C@@H]3[C@]4(C)CC[C@@H]5C(C)(C)[C@@H](O)CC[C@]5(C)[C@@H]4CC[C@@]3(C)[C@@H]2C1. The molecule has 5 fully saturated rings. The molecule has 0 radical (unpaired) electrons. The summed E-state index contributed by atoms with van der Waals surface area (Å²) < 4.78 is 0. The van der Waals surface area contributed by atoms with Crippen molar-refractivity contribution in [3.8, 4) is 0 Å². The van der Waals surface area contributed by atoms with Crippen LogP contribution in [0.5, 0.6) is 0 Å². The van der Waals surface area contributed by atoms with E-state index < -0.39 is 0 Å². The minimum atomic E-state index is -0.136. The number of hydrogen-bond acceptors (Lipinski definition) is 2. The van der Waals surface area contributed by atoms with Crippen molar-refractivity contribution in [1.29, 1.82) is 0 Å². The molecule has 2 nitrogen and oxygen atoms in total. The first-order valence-corrected chi connectivity index (χ1v) is 14.0. The summed E-state index contributed by atoms with van der Waals surface area (Å²) in [5, 5.41) is 21.6. The molecule has 0 spiro atoms. The van der Waals surface area contributed by atoms with E-state index in [4.69, 9.17) is 0 Å². The van der Waals surface area contributed by atoms with Crippen LogP contribution in [0.2, 0.25) is 0 Å². The van der Waals surface area contributed by atoms with Gasteiger partial charge >= 0.3 is 0 Å². The number of rotatable bonds is 1. The molecule has 0 aromatic rings. The maximum atomic E-state index is 10.9. The van der Waals surface area contributed by atoms with Crippen LogP contribution in [0.4, 0.5) is 0 Å². The molecule has 2 heteroatoms. The lowest BCUT2D eigenvalue weighted by molar-refractivity contribution is -0.250. The summed E-state index contributed by atoms with van der Waals surface area (Å²) in [6, 6.07) is 0. The van der Waals surface area contributed by atoms with Gasteiger partial charge in [-0.05, 0) is 127 Å². The van der Waals surface area contributed by atoms with E-state index in [0.717, 1.165) is 18.3 Å². The molecule has 0 aromatic heterocycles. The molecule has 0 amide bonds. The summed E-state index contributed by atoms with van der Waals surface area (Å²) in [5.74, 6) is 2.90. The average Bonchev–Trinajstić information content (AvgIpc) is 2.71. The number of aliphatic hydroxyl groups excluding tert-OH is 2. The van der Waals surface area contributed by atoms with Crippen LogP contribution in [0.15, 0.2) is 0 Å². The topological polar surface area (TPSA) is 40.5 Å². The minimum Gasteiger partial charge on any atom is -0.396 e. The Hall–Kier alpha value is -0.0800. The smallest absolute Gasteiger partial charge is 0.0594 e. The van der Waals surface area contributed by atoms with Crippen LogP contribution in [0.25, 0.3) is 0 Å². The second kappa shape index (κ2) is 6.99. The predicted octanol–water partition coefficient (Wildman–Crippen LogP) is 7.22. The van der Waals surface area contributed by atoms with Crippen LogP contribution >= 0.6 is 0 Å². The molecule has 2 N–H and O–H groups in total. The van der Waals surface area contributed by atoms with Gasteiger partial charge in [0.2, 0.25) is 0 Å². The first-order valence-electron chi connectivity index (χ1n) is 14.0. The van der Waals surface area contributed by atoms with Crippen molar-refractivity contribution in [3.63, 3.8) is 0 Å². The largest absolute Gasteiger partial charge is 0.396 e. The fourth-order valence-corrected chi connectivity index (χ4v) is 11.7. The molecule has 184 valence electrons. The summed E-state index contributed by atoms with van der Waals surface area (Å²) in [4.78, 5) is 0. The Balaban J connectivity index is 1.52. The van der Waals surface area contributed by atoms with E-state index in [-0.39, 0.29) is 16.9 Å². The van der Waals surface area contributed by atoms with Gasteiger partial charge in [-0.3, -0.25) is 0 Å². The molecule has 5 aliphatic rings. The summed E-state index contributed by atoms with van der Waals surface area (Å²) in [5.41, 5.74) is 1.80. The lowest BCUT2D eigenvalue weighted by atomic mass is 9.32. The van der Waals surface area contributed by atoms with Crippen LogP contribution in [0.1, 0.15) is 119 Å². The molecule has 5 rings (SSSR count). The van der Waals surface area contributed by atoms with Crippen molar-refractivity contribution in [3.05, 3.63) is 0 Å². The molecule has 5 aliphatic carbocycles. The zero-order valence-electron chi connectivity index (χ0n) is 22.3. The monoisotopic (exact) mass is 444 g/mol. The third-order valence-electron chi connectivity index (χ3n) is 13.5. The molecule has 32 heavy (non-hydrogen) atoms. The van der Waals surface area contributed by atoms with E-state index in [9.17, 15) is 10.2 Å². The first-order chi connectivity index (χ1) is 14.8. The third kappa shape index (κ3) is 2.90. The predicted molar refractivity (Wildman–Crippen MR) is 132 cm³/mol. The summed E-state index contributed by atoms with van der Waals surface area (Å²) in [7, 11) is 0. The van der Waals surface area contributed by atoms with Gasteiger partial charge in [0, 0.05) is 6.61 Å². The van der Waals surface area contributed by atoms with Crippen LogP contribution in [-0.4, -0.2) is 22.9 Å². The molecule has 0 saturated heterocycles. The second-order valence-corrected chi connectivity index (χ2v) is 15.6. The molecule has 0 heterocycles. The van der Waals surface area contributed by atoms with E-state index in [1.54, 1.807) is 0 Å². The first kappa shape index (κ1) is 23.7. The Morgan fingerprint density at radius 3 is 1.72 bits per heavy atom. The summed E-state index contributed by atoms with van der Waals surface area (Å²) >= 11 is 0. The fraction of sp³-hybridized carbons (Fsp3) is 1.00. The Bertz CT molecular complexity index is 756. The van der Waals surface area contributed by atoms with E-state index >= 15 is 0 Å². The van der Waals surface area contributed by atoms with Crippen molar-refractivity contribution in [2.75, 3.05) is 6.61 Å². The zero-order chi connectivity index (χ0) is 23.4. The lowest BCUT2D eigenvalue weighted by Crippen LogP contribution is -2.66. The van der Waals surface area contributed by atoms with Gasteiger partial charge in [-0.2, -0.15) is 0 Å². The Morgan fingerprint density at radius 2 is 1.09 bits per heavy atom. The molecule has 0 aliphatic heterocycles. The highest BCUT2D eigenvalue weighted by molar-refractivity contribution is 5.18. The Kier molecular flexibility index (Phi) is 5.17. The highest BCUT2D eigenvalue weighted by atomic mass is 16.3. The van der Waals surface area contributed by atoms with Crippen LogP contribution in [0.3, 0.4) is 0 Å². The van der Waals surface area contributed by atoms with Crippen LogP contribution in [0, 0.1) is 56.2 Å². The average molecular weight is 445 g/mol. The maximum absolute atomic E-state index is 10.9. The fourth-order valence-electron chi connectivity index (χ4n) is 11.7. The van der Waals surface area contributed by atoms with Crippen molar-refractivity contribution in [2.24, 2.45) is 56.2 Å². The van der Waals surface area contributed by atoms with E-state index in [0.29, 0.717) is 40.1 Å². The second-order valence-electron chi connectivity index (χ2n) is 15.6. The van der Waals surface area contributed by atoms with Gasteiger partial charge in [-0.25, -0.2) is 0 Å². The van der Waals surface area contributed by atoms with Crippen LogP contribution < -0.4 is 0 Å². The van der Waals surface area contributed by atoms with Crippen LogP contribution in [-0.2, 0) is 0 Å². The molecule has 9 atom stereocenters. The van der Waals surface area contributed by atoms with Gasteiger partial charge in [-0.15, -0.1) is 0 Å². The normalized spacial score (nSPS) is 56.3. The van der Waals surface area contributed by atoms with Crippen molar-refractivity contribution >= 4 is 0 Å². The maximum Gasteiger partial charge on any atom is 0.0594 e. The van der Waals surface area contributed by atoms with Crippen molar-refractivity contribution < 1.29 is 10.2 Å². The molecular formula is C30H52O2. The standard InChI is InChI=1S/C30H52O2/c1-25(2)16-17-30(19-31)15-10-22-28(6)12-8-20-26(3,4)24(32)11-14-27(20,5)21(28)9-13-29(22,7)23(30)18-25/h20-24,31-32H,8-19H2,1-7H3/t20-,21+,22-,23+,24+,27+,28-,29-,30+/m1/s1.